The Morgan fingerprint density at radius 2 is 1.58 bits per heavy atom. The average molecular weight is 392 g/mol. The van der Waals surface area contributed by atoms with Crippen molar-refractivity contribution in [3.63, 3.8) is 0 Å². The molecule has 0 bridgehead atoms. The zero-order valence-corrected chi connectivity index (χ0v) is 16.0. The molecule has 0 aliphatic heterocycles. The second-order valence-electron chi connectivity index (χ2n) is 5.94. The van der Waals surface area contributed by atoms with Crippen LogP contribution in [-0.4, -0.2) is 70.4 Å². The normalized spacial score (nSPS) is 16.5. The summed E-state index contributed by atoms with van der Waals surface area (Å²) in [6.45, 7) is 4.43. The van der Waals surface area contributed by atoms with E-state index >= 15 is 0 Å². The highest BCUT2D eigenvalue weighted by Gasteiger charge is 2.33. The van der Waals surface area contributed by atoms with Crippen LogP contribution < -0.4 is 21.7 Å². The molecule has 0 radical (unpaired) electrons. The Labute approximate surface area is 157 Å². The summed E-state index contributed by atoms with van der Waals surface area (Å²) in [4.78, 5) is 47.3. The number of nitrogens with one attached hydrogen (secondary N) is 3. The first-order valence-corrected chi connectivity index (χ1v) is 8.84. The molecule has 150 valence electrons. The lowest BCUT2D eigenvalue weighted by molar-refractivity contribution is -0.145. The van der Waals surface area contributed by atoms with E-state index in [4.69, 9.17) is 10.8 Å². The van der Waals surface area contributed by atoms with Crippen LogP contribution in [0.15, 0.2) is 0 Å². The summed E-state index contributed by atoms with van der Waals surface area (Å²) >= 11 is 4.00. The van der Waals surface area contributed by atoms with Gasteiger partial charge in [0.05, 0.1) is 12.6 Å². The third-order valence-electron chi connectivity index (χ3n) is 3.86. The lowest BCUT2D eigenvalue weighted by atomic mass is 9.97. The van der Waals surface area contributed by atoms with Crippen molar-refractivity contribution in [3.05, 3.63) is 0 Å². The van der Waals surface area contributed by atoms with E-state index in [1.807, 2.05) is 0 Å². The summed E-state index contributed by atoms with van der Waals surface area (Å²) in [5.41, 5.74) is 5.19. The molecule has 0 spiro atoms. The van der Waals surface area contributed by atoms with Crippen molar-refractivity contribution < 1.29 is 29.4 Å². The maximum atomic E-state index is 12.5. The van der Waals surface area contributed by atoms with Crippen LogP contribution >= 0.6 is 12.6 Å². The highest BCUT2D eigenvalue weighted by molar-refractivity contribution is 7.80. The van der Waals surface area contributed by atoms with Gasteiger partial charge in [-0.3, -0.25) is 14.4 Å². The zero-order valence-electron chi connectivity index (χ0n) is 15.1. The van der Waals surface area contributed by atoms with Crippen molar-refractivity contribution in [2.24, 2.45) is 11.7 Å². The summed E-state index contributed by atoms with van der Waals surface area (Å²) in [6.07, 6.45) is -0.801. The van der Waals surface area contributed by atoms with Gasteiger partial charge in [0.1, 0.15) is 12.1 Å². The van der Waals surface area contributed by atoms with E-state index < -0.39 is 47.9 Å². The van der Waals surface area contributed by atoms with Gasteiger partial charge in [-0.25, -0.2) is 4.79 Å². The van der Waals surface area contributed by atoms with Gasteiger partial charge in [-0.2, -0.15) is 12.6 Å². The number of carbonyl (C=O) groups excluding carboxylic acids is 3. The van der Waals surface area contributed by atoms with E-state index in [9.17, 15) is 24.3 Å². The highest BCUT2D eigenvalue weighted by atomic mass is 32.1. The summed E-state index contributed by atoms with van der Waals surface area (Å²) < 4.78 is 0. The number of aliphatic hydroxyl groups is 1. The molecule has 10 nitrogen and oxygen atoms in total. The van der Waals surface area contributed by atoms with E-state index in [2.05, 4.69) is 28.6 Å². The quantitative estimate of drug-likeness (QED) is 0.196. The van der Waals surface area contributed by atoms with Crippen LogP contribution in [0.25, 0.3) is 0 Å². The fraction of sp³-hybridized carbons (Fsp3) is 0.733. The van der Waals surface area contributed by atoms with Crippen LogP contribution in [0.4, 0.5) is 0 Å². The minimum Gasteiger partial charge on any atom is -0.480 e. The van der Waals surface area contributed by atoms with Gasteiger partial charge < -0.3 is 31.9 Å². The molecule has 0 aliphatic carbocycles. The number of carboxylic acid groups (broad SMARTS) is 1. The lowest BCUT2D eigenvalue weighted by Crippen LogP contribution is -2.59. The zero-order chi connectivity index (χ0) is 20.4. The molecule has 5 unspecified atom stereocenters. The number of hydrogen-bond donors (Lipinski definition) is 7. The van der Waals surface area contributed by atoms with Crippen LogP contribution in [0.1, 0.15) is 27.2 Å². The summed E-state index contributed by atoms with van der Waals surface area (Å²) in [6, 6.07) is -3.56. The molecule has 26 heavy (non-hydrogen) atoms. The fourth-order valence-corrected chi connectivity index (χ4v) is 2.29. The van der Waals surface area contributed by atoms with Gasteiger partial charge in [0.15, 0.2) is 6.04 Å². The van der Waals surface area contributed by atoms with Gasteiger partial charge in [0.25, 0.3) is 0 Å². The van der Waals surface area contributed by atoms with Crippen molar-refractivity contribution in [3.8, 4) is 0 Å². The standard InChI is InChI=1S/C15H28N4O6S/c1-4-7(2)11(14(23)19-12(8(3)20)15(24)25)18-13(22)9(6-26)17-10(21)5-16/h7-9,11-12,20,26H,4-6,16H2,1-3H3,(H,17,21)(H,18,22)(H,19,23)(H,24,25). The number of thiol groups is 1. The molecule has 0 aromatic heterocycles. The molecular weight excluding hydrogens is 364 g/mol. The number of nitrogens with two attached hydrogens (primary N) is 1. The monoisotopic (exact) mass is 392 g/mol. The highest BCUT2D eigenvalue weighted by Crippen LogP contribution is 2.09. The molecule has 0 heterocycles. The second-order valence-corrected chi connectivity index (χ2v) is 6.31. The van der Waals surface area contributed by atoms with E-state index in [0.717, 1.165) is 0 Å². The molecule has 11 heteroatoms. The van der Waals surface area contributed by atoms with Gasteiger partial charge in [0.2, 0.25) is 17.7 Å². The first kappa shape index (κ1) is 24.1. The molecular formula is C15H28N4O6S. The van der Waals surface area contributed by atoms with Gasteiger partial charge >= 0.3 is 5.97 Å². The number of carboxylic acids is 1. The van der Waals surface area contributed by atoms with E-state index in [-0.39, 0.29) is 18.2 Å². The van der Waals surface area contributed by atoms with E-state index in [1.165, 1.54) is 6.92 Å². The predicted molar refractivity (Wildman–Crippen MR) is 97.5 cm³/mol. The van der Waals surface area contributed by atoms with Gasteiger partial charge in [0, 0.05) is 5.75 Å². The number of hydrogen-bond acceptors (Lipinski definition) is 7. The van der Waals surface area contributed by atoms with Gasteiger partial charge in [-0.15, -0.1) is 0 Å². The van der Waals surface area contributed by atoms with Gasteiger partial charge in [-0.05, 0) is 12.8 Å². The van der Waals surface area contributed by atoms with E-state index in [0.29, 0.717) is 6.42 Å². The summed E-state index contributed by atoms with van der Waals surface area (Å²) in [7, 11) is 0. The van der Waals surface area contributed by atoms with Gasteiger partial charge in [-0.1, -0.05) is 20.3 Å². The first-order valence-electron chi connectivity index (χ1n) is 8.20. The maximum absolute atomic E-state index is 12.5. The van der Waals surface area contributed by atoms with Crippen molar-refractivity contribution in [1.82, 2.24) is 16.0 Å². The van der Waals surface area contributed by atoms with Crippen LogP contribution in [0.5, 0.6) is 0 Å². The third kappa shape index (κ3) is 7.58. The Morgan fingerprint density at radius 3 is 1.96 bits per heavy atom. The van der Waals surface area contributed by atoms with E-state index in [1.54, 1.807) is 13.8 Å². The number of carbonyl (C=O) groups is 4. The van der Waals surface area contributed by atoms with Crippen molar-refractivity contribution in [2.45, 2.75) is 51.4 Å². The Bertz CT molecular complexity index is 516. The SMILES string of the molecule is CCC(C)C(NC(=O)C(CS)NC(=O)CN)C(=O)NC(C(=O)O)C(C)O. The Morgan fingerprint density at radius 1 is 1.04 bits per heavy atom. The smallest absolute Gasteiger partial charge is 0.328 e. The van der Waals surface area contributed by atoms with Crippen LogP contribution in [0, 0.1) is 5.92 Å². The van der Waals surface area contributed by atoms with Crippen LogP contribution in [0.3, 0.4) is 0 Å². The second kappa shape index (κ2) is 11.7. The summed E-state index contributed by atoms with van der Waals surface area (Å²) in [5, 5.41) is 25.7. The fourth-order valence-electron chi connectivity index (χ4n) is 2.03. The number of rotatable bonds is 11. The predicted octanol–water partition coefficient (Wildman–Crippen LogP) is -2.16. The third-order valence-corrected chi connectivity index (χ3v) is 4.22. The molecule has 0 aromatic rings. The maximum Gasteiger partial charge on any atom is 0.328 e. The number of aliphatic carboxylic acids is 1. The molecule has 3 amide bonds. The molecule has 0 rings (SSSR count). The Balaban J connectivity index is 5.25. The molecule has 0 saturated carbocycles. The molecule has 0 aliphatic rings. The molecule has 7 N–H and O–H groups in total. The lowest BCUT2D eigenvalue weighted by Gasteiger charge is -2.27. The largest absolute Gasteiger partial charge is 0.480 e. The average Bonchev–Trinajstić information content (AvgIpc) is 2.59. The number of amides is 3. The van der Waals surface area contributed by atoms with Crippen molar-refractivity contribution in [1.29, 1.82) is 0 Å². The Kier molecular flexibility index (Phi) is 10.9. The Hall–Kier alpha value is -1.85. The molecule has 0 fully saturated rings. The minimum absolute atomic E-state index is 0.0160. The topological polar surface area (TPSA) is 171 Å². The van der Waals surface area contributed by atoms with Crippen LogP contribution in [0.2, 0.25) is 0 Å². The first-order chi connectivity index (χ1) is 12.1. The molecule has 0 aromatic carbocycles. The van der Waals surface area contributed by atoms with Crippen molar-refractivity contribution >= 4 is 36.3 Å². The minimum atomic E-state index is -1.51. The van der Waals surface area contributed by atoms with Crippen molar-refractivity contribution in [2.75, 3.05) is 12.3 Å². The number of aliphatic hydroxyl groups excluding tert-OH is 1. The molecule has 0 saturated heterocycles. The van der Waals surface area contributed by atoms with Crippen LogP contribution in [-0.2, 0) is 19.2 Å². The molecule has 5 atom stereocenters. The summed E-state index contributed by atoms with van der Waals surface area (Å²) in [5.74, 6) is -3.68.